The van der Waals surface area contributed by atoms with Gasteiger partial charge in [-0.25, -0.2) is 9.37 Å². The summed E-state index contributed by atoms with van der Waals surface area (Å²) in [4.78, 5) is 27.7. The molecule has 2 aromatic carbocycles. The van der Waals surface area contributed by atoms with Crippen LogP contribution in [-0.4, -0.2) is 16.8 Å². The van der Waals surface area contributed by atoms with E-state index in [0.717, 1.165) is 11.6 Å². The van der Waals surface area contributed by atoms with Gasteiger partial charge in [0.1, 0.15) is 5.82 Å². The first-order chi connectivity index (χ1) is 12.8. The largest absolute Gasteiger partial charge is 0.326 e. The van der Waals surface area contributed by atoms with Crippen LogP contribution in [0.3, 0.4) is 0 Å². The quantitative estimate of drug-likeness (QED) is 0.546. The summed E-state index contributed by atoms with van der Waals surface area (Å²) >= 11 is 12.8. The highest BCUT2D eigenvalue weighted by Gasteiger charge is 2.16. The summed E-state index contributed by atoms with van der Waals surface area (Å²) in [6.07, 6.45) is 0. The fourth-order valence-corrected chi connectivity index (χ4v) is 3.44. The molecule has 2 N–H and O–H groups in total. The molecule has 0 saturated heterocycles. The van der Waals surface area contributed by atoms with Gasteiger partial charge in [-0.2, -0.15) is 0 Å². The Bertz CT molecular complexity index is 1020. The lowest BCUT2D eigenvalue weighted by Crippen LogP contribution is -2.12. The first-order valence-corrected chi connectivity index (χ1v) is 9.26. The summed E-state index contributed by atoms with van der Waals surface area (Å²) in [5, 5.41) is 7.27. The third-order valence-corrected chi connectivity index (χ3v) is 4.84. The van der Waals surface area contributed by atoms with E-state index in [1.807, 2.05) is 0 Å². The van der Waals surface area contributed by atoms with Gasteiger partial charge in [0.05, 0.1) is 21.3 Å². The maximum atomic E-state index is 13.6. The van der Waals surface area contributed by atoms with Gasteiger partial charge < -0.3 is 5.32 Å². The van der Waals surface area contributed by atoms with E-state index in [0.29, 0.717) is 16.5 Å². The molecule has 3 aromatic rings. The van der Waals surface area contributed by atoms with Crippen LogP contribution in [0.15, 0.2) is 41.8 Å². The number of nitrogens with one attached hydrogen (secondary N) is 2. The van der Waals surface area contributed by atoms with E-state index >= 15 is 0 Å². The van der Waals surface area contributed by atoms with Crippen LogP contribution in [0.2, 0.25) is 10.0 Å². The number of rotatable bonds is 4. The van der Waals surface area contributed by atoms with Gasteiger partial charge in [0, 0.05) is 23.6 Å². The Balaban J connectivity index is 1.75. The molecule has 3 rings (SSSR count). The van der Waals surface area contributed by atoms with E-state index in [1.54, 1.807) is 29.6 Å². The number of hydrogen-bond donors (Lipinski definition) is 2. The molecule has 0 fully saturated rings. The number of carbonyl (C=O) groups excluding carboxylic acids is 2. The SMILES string of the molecule is CC(=O)Nc1ccc(-c2csc(NC(=O)c3cc(F)c(Cl)cc3Cl)n2)cc1. The number of amides is 2. The average Bonchev–Trinajstić information content (AvgIpc) is 3.06. The number of benzene rings is 2. The summed E-state index contributed by atoms with van der Waals surface area (Å²) in [5.74, 6) is -1.47. The number of halogens is 3. The first kappa shape index (κ1) is 19.3. The smallest absolute Gasteiger partial charge is 0.259 e. The lowest BCUT2D eigenvalue weighted by atomic mass is 10.1. The highest BCUT2D eigenvalue weighted by Crippen LogP contribution is 2.28. The van der Waals surface area contributed by atoms with E-state index in [-0.39, 0.29) is 21.5 Å². The molecule has 0 spiro atoms. The molecular weight excluding hydrogens is 412 g/mol. The Labute approximate surface area is 168 Å². The van der Waals surface area contributed by atoms with Crippen molar-refractivity contribution in [3.05, 3.63) is 63.2 Å². The van der Waals surface area contributed by atoms with Crippen LogP contribution in [0, 0.1) is 5.82 Å². The van der Waals surface area contributed by atoms with Crippen molar-refractivity contribution in [1.29, 1.82) is 0 Å². The summed E-state index contributed by atoms with van der Waals surface area (Å²) in [6.45, 7) is 1.43. The minimum Gasteiger partial charge on any atom is -0.326 e. The molecule has 2 amide bonds. The fraction of sp³-hybridized carbons (Fsp3) is 0.0556. The third-order valence-electron chi connectivity index (χ3n) is 3.48. The molecule has 1 heterocycles. The third kappa shape index (κ3) is 4.63. The Morgan fingerprint density at radius 2 is 1.78 bits per heavy atom. The predicted octanol–water partition coefficient (Wildman–Crippen LogP) is 5.47. The number of hydrogen-bond acceptors (Lipinski definition) is 4. The van der Waals surface area contributed by atoms with Crippen molar-refractivity contribution in [1.82, 2.24) is 4.98 Å². The predicted molar refractivity (Wildman–Crippen MR) is 106 cm³/mol. The number of aromatic nitrogens is 1. The molecule has 27 heavy (non-hydrogen) atoms. The van der Waals surface area contributed by atoms with Gasteiger partial charge in [0.2, 0.25) is 5.91 Å². The Kier molecular flexibility index (Phi) is 5.74. The van der Waals surface area contributed by atoms with Gasteiger partial charge in [0.25, 0.3) is 5.91 Å². The standard InChI is InChI=1S/C18H12Cl2FN3O2S/c1-9(25)22-11-4-2-10(3-5-11)16-8-27-18(23-16)24-17(26)12-6-15(21)14(20)7-13(12)19/h2-8H,1H3,(H,22,25)(H,23,24,26). The van der Waals surface area contributed by atoms with Gasteiger partial charge in [-0.15, -0.1) is 11.3 Å². The zero-order valence-corrected chi connectivity index (χ0v) is 16.2. The normalized spacial score (nSPS) is 10.5. The highest BCUT2D eigenvalue weighted by molar-refractivity contribution is 7.14. The van der Waals surface area contributed by atoms with Gasteiger partial charge in [0.15, 0.2) is 5.13 Å². The molecule has 0 radical (unpaired) electrons. The molecular formula is C18H12Cl2FN3O2S. The van der Waals surface area contributed by atoms with Crippen molar-refractivity contribution in [3.63, 3.8) is 0 Å². The summed E-state index contributed by atoms with van der Waals surface area (Å²) in [5.41, 5.74) is 2.11. The second-order valence-electron chi connectivity index (χ2n) is 5.50. The Hall–Kier alpha value is -2.48. The van der Waals surface area contributed by atoms with Crippen molar-refractivity contribution in [2.24, 2.45) is 0 Å². The molecule has 0 bridgehead atoms. The summed E-state index contributed by atoms with van der Waals surface area (Å²) < 4.78 is 13.6. The topological polar surface area (TPSA) is 71.1 Å². The molecule has 5 nitrogen and oxygen atoms in total. The van der Waals surface area contributed by atoms with Crippen molar-refractivity contribution in [3.8, 4) is 11.3 Å². The molecule has 0 aliphatic heterocycles. The zero-order valence-electron chi connectivity index (χ0n) is 13.8. The Morgan fingerprint density at radius 1 is 1.07 bits per heavy atom. The first-order valence-electron chi connectivity index (χ1n) is 7.63. The molecule has 0 aliphatic rings. The van der Waals surface area contributed by atoms with E-state index < -0.39 is 11.7 Å². The van der Waals surface area contributed by atoms with E-state index in [9.17, 15) is 14.0 Å². The van der Waals surface area contributed by atoms with Crippen molar-refractivity contribution in [2.75, 3.05) is 10.6 Å². The lowest BCUT2D eigenvalue weighted by Gasteiger charge is -2.05. The highest BCUT2D eigenvalue weighted by atomic mass is 35.5. The van der Waals surface area contributed by atoms with Crippen LogP contribution in [-0.2, 0) is 4.79 Å². The minimum absolute atomic E-state index is 0.0324. The van der Waals surface area contributed by atoms with Crippen molar-refractivity contribution < 1.29 is 14.0 Å². The van der Waals surface area contributed by atoms with E-state index in [4.69, 9.17) is 23.2 Å². The fourth-order valence-electron chi connectivity index (χ4n) is 2.25. The molecule has 1 aromatic heterocycles. The van der Waals surface area contributed by atoms with Crippen LogP contribution < -0.4 is 10.6 Å². The summed E-state index contributed by atoms with van der Waals surface area (Å²) in [7, 11) is 0. The number of carbonyl (C=O) groups is 2. The van der Waals surface area contributed by atoms with Crippen molar-refractivity contribution in [2.45, 2.75) is 6.92 Å². The van der Waals surface area contributed by atoms with Gasteiger partial charge in [-0.1, -0.05) is 35.3 Å². The van der Waals surface area contributed by atoms with Crippen LogP contribution in [0.1, 0.15) is 17.3 Å². The Morgan fingerprint density at radius 3 is 2.44 bits per heavy atom. The van der Waals surface area contributed by atoms with Gasteiger partial charge in [-0.3, -0.25) is 14.9 Å². The van der Waals surface area contributed by atoms with Crippen LogP contribution in [0.5, 0.6) is 0 Å². The van der Waals surface area contributed by atoms with Gasteiger partial charge in [-0.05, 0) is 24.3 Å². The zero-order chi connectivity index (χ0) is 19.6. The summed E-state index contributed by atoms with van der Waals surface area (Å²) in [6, 6.07) is 9.27. The minimum atomic E-state index is -0.731. The van der Waals surface area contributed by atoms with Crippen molar-refractivity contribution >= 4 is 57.2 Å². The number of thiazole rings is 1. The second kappa shape index (κ2) is 8.04. The van der Waals surface area contributed by atoms with E-state index in [2.05, 4.69) is 15.6 Å². The second-order valence-corrected chi connectivity index (χ2v) is 7.17. The average molecular weight is 424 g/mol. The van der Waals surface area contributed by atoms with Crippen LogP contribution in [0.4, 0.5) is 15.2 Å². The molecule has 0 aliphatic carbocycles. The maximum absolute atomic E-state index is 13.6. The lowest BCUT2D eigenvalue weighted by molar-refractivity contribution is -0.114. The molecule has 138 valence electrons. The molecule has 0 atom stereocenters. The number of anilines is 2. The molecule has 9 heteroatoms. The maximum Gasteiger partial charge on any atom is 0.259 e. The molecule has 0 unspecified atom stereocenters. The monoisotopic (exact) mass is 423 g/mol. The van der Waals surface area contributed by atoms with E-state index in [1.165, 1.54) is 24.3 Å². The molecule has 0 saturated carbocycles. The van der Waals surface area contributed by atoms with Gasteiger partial charge >= 0.3 is 0 Å². The van der Waals surface area contributed by atoms with Crippen LogP contribution >= 0.6 is 34.5 Å². The number of nitrogens with zero attached hydrogens (tertiary/aromatic N) is 1. The van der Waals surface area contributed by atoms with Crippen LogP contribution in [0.25, 0.3) is 11.3 Å².